The summed E-state index contributed by atoms with van der Waals surface area (Å²) in [7, 11) is 0. The third kappa shape index (κ3) is 2.28. The van der Waals surface area contributed by atoms with Gasteiger partial charge < -0.3 is 5.11 Å². The Hall–Kier alpha value is -1.68. The van der Waals surface area contributed by atoms with Crippen molar-refractivity contribution in [2.45, 2.75) is 0 Å². The van der Waals surface area contributed by atoms with E-state index < -0.39 is 5.97 Å². The Bertz CT molecular complexity index is 523. The first-order chi connectivity index (χ1) is 7.66. The molecule has 0 saturated carbocycles. The van der Waals surface area contributed by atoms with E-state index in [-0.39, 0.29) is 5.56 Å². The summed E-state index contributed by atoms with van der Waals surface area (Å²) in [6.07, 6.45) is 1.68. The van der Waals surface area contributed by atoms with Gasteiger partial charge in [-0.2, -0.15) is 0 Å². The molecule has 1 N–H and O–H groups in total. The van der Waals surface area contributed by atoms with Gasteiger partial charge in [-0.05, 0) is 40.2 Å². The van der Waals surface area contributed by atoms with Crippen LogP contribution in [-0.4, -0.2) is 16.1 Å². The Morgan fingerprint density at radius 2 is 2.06 bits per heavy atom. The van der Waals surface area contributed by atoms with E-state index in [1.54, 1.807) is 24.4 Å². The molecule has 80 valence electrons. The van der Waals surface area contributed by atoms with Crippen LogP contribution in [-0.2, 0) is 0 Å². The molecule has 0 aliphatic carbocycles. The van der Waals surface area contributed by atoms with Crippen LogP contribution in [0, 0.1) is 0 Å². The van der Waals surface area contributed by atoms with E-state index in [1.165, 1.54) is 0 Å². The maximum absolute atomic E-state index is 10.8. The zero-order valence-electron chi connectivity index (χ0n) is 8.22. The van der Waals surface area contributed by atoms with Crippen molar-refractivity contribution in [3.8, 4) is 11.3 Å². The van der Waals surface area contributed by atoms with Crippen molar-refractivity contribution >= 4 is 21.9 Å². The molecule has 0 atom stereocenters. The van der Waals surface area contributed by atoms with Gasteiger partial charge in [-0.1, -0.05) is 12.1 Å². The molecule has 0 fully saturated rings. The minimum atomic E-state index is -0.932. The third-order valence-corrected chi connectivity index (χ3v) is 2.60. The van der Waals surface area contributed by atoms with E-state index in [9.17, 15) is 4.79 Å². The molecule has 0 aliphatic rings. The summed E-state index contributed by atoms with van der Waals surface area (Å²) >= 11 is 3.30. The molecule has 16 heavy (non-hydrogen) atoms. The number of halogens is 1. The highest BCUT2D eigenvalue weighted by molar-refractivity contribution is 9.10. The molecular weight excluding hydrogens is 270 g/mol. The van der Waals surface area contributed by atoms with Gasteiger partial charge in [-0.25, -0.2) is 4.79 Å². The molecule has 0 radical (unpaired) electrons. The van der Waals surface area contributed by atoms with Crippen LogP contribution in [0.25, 0.3) is 11.3 Å². The molecule has 2 aromatic rings. The van der Waals surface area contributed by atoms with E-state index in [2.05, 4.69) is 20.9 Å². The minimum absolute atomic E-state index is 0.266. The van der Waals surface area contributed by atoms with E-state index >= 15 is 0 Å². The molecule has 4 heteroatoms. The smallest absolute Gasteiger partial charge is 0.335 e. The number of aromatic carboxylic acids is 1. The Kier molecular flexibility index (Phi) is 3.01. The Labute approximate surface area is 101 Å². The number of hydrogen-bond donors (Lipinski definition) is 1. The van der Waals surface area contributed by atoms with Gasteiger partial charge in [-0.3, -0.25) is 4.98 Å². The molecule has 1 heterocycles. The van der Waals surface area contributed by atoms with Crippen molar-refractivity contribution in [2.24, 2.45) is 0 Å². The Balaban J connectivity index is 2.44. The van der Waals surface area contributed by atoms with Gasteiger partial charge in [0, 0.05) is 16.2 Å². The average molecular weight is 278 g/mol. The number of aromatic nitrogens is 1. The lowest BCUT2D eigenvalue weighted by Crippen LogP contribution is -1.96. The molecule has 0 amide bonds. The van der Waals surface area contributed by atoms with Crippen LogP contribution in [0.3, 0.4) is 0 Å². The van der Waals surface area contributed by atoms with Gasteiger partial charge >= 0.3 is 5.97 Å². The lowest BCUT2D eigenvalue weighted by molar-refractivity contribution is 0.0697. The van der Waals surface area contributed by atoms with Crippen molar-refractivity contribution in [3.05, 3.63) is 52.6 Å². The van der Waals surface area contributed by atoms with Crippen LogP contribution in [0.5, 0.6) is 0 Å². The van der Waals surface area contributed by atoms with E-state index in [0.717, 1.165) is 15.7 Å². The molecule has 0 aliphatic heterocycles. The number of nitrogens with zero attached hydrogens (tertiary/aromatic N) is 1. The largest absolute Gasteiger partial charge is 0.478 e. The number of hydrogen-bond acceptors (Lipinski definition) is 2. The second kappa shape index (κ2) is 4.45. The van der Waals surface area contributed by atoms with Crippen molar-refractivity contribution < 1.29 is 9.90 Å². The van der Waals surface area contributed by atoms with Crippen molar-refractivity contribution in [3.63, 3.8) is 0 Å². The number of pyridine rings is 1. The van der Waals surface area contributed by atoms with Gasteiger partial charge in [-0.15, -0.1) is 0 Å². The van der Waals surface area contributed by atoms with Crippen LogP contribution in [0.2, 0.25) is 0 Å². The number of carboxylic acids is 1. The van der Waals surface area contributed by atoms with Crippen LogP contribution in [0.1, 0.15) is 10.4 Å². The maximum atomic E-state index is 10.8. The van der Waals surface area contributed by atoms with E-state index in [1.807, 2.05) is 18.2 Å². The lowest BCUT2D eigenvalue weighted by Gasteiger charge is -2.02. The van der Waals surface area contributed by atoms with E-state index in [0.29, 0.717) is 0 Å². The SMILES string of the molecule is O=C(O)c1cccc(-c2ccc(Br)cn2)c1. The fraction of sp³-hybridized carbons (Fsp3) is 0. The predicted octanol–water partition coefficient (Wildman–Crippen LogP) is 3.21. The maximum Gasteiger partial charge on any atom is 0.335 e. The molecule has 0 spiro atoms. The fourth-order valence-electron chi connectivity index (χ4n) is 1.36. The molecule has 1 aromatic heterocycles. The van der Waals surface area contributed by atoms with Gasteiger partial charge in [0.1, 0.15) is 0 Å². The summed E-state index contributed by atoms with van der Waals surface area (Å²) in [4.78, 5) is 15.0. The second-order valence-corrected chi connectivity index (χ2v) is 4.16. The fourth-order valence-corrected chi connectivity index (χ4v) is 1.59. The number of rotatable bonds is 2. The number of carbonyl (C=O) groups is 1. The highest BCUT2D eigenvalue weighted by atomic mass is 79.9. The summed E-state index contributed by atoms with van der Waals surface area (Å²) in [5, 5.41) is 8.87. The summed E-state index contributed by atoms with van der Waals surface area (Å²) in [6, 6.07) is 10.4. The summed E-state index contributed by atoms with van der Waals surface area (Å²) in [5.74, 6) is -0.932. The molecule has 2 rings (SSSR count). The summed E-state index contributed by atoms with van der Waals surface area (Å²) < 4.78 is 0.894. The standard InChI is InChI=1S/C12H8BrNO2/c13-10-4-5-11(14-7-10)8-2-1-3-9(6-8)12(15)16/h1-7H,(H,15,16). The zero-order valence-corrected chi connectivity index (χ0v) is 9.81. The normalized spacial score (nSPS) is 10.1. The quantitative estimate of drug-likeness (QED) is 0.917. The second-order valence-electron chi connectivity index (χ2n) is 3.25. The van der Waals surface area contributed by atoms with Crippen molar-refractivity contribution in [1.29, 1.82) is 0 Å². The van der Waals surface area contributed by atoms with Gasteiger partial charge in [0.15, 0.2) is 0 Å². The van der Waals surface area contributed by atoms with Crippen LogP contribution < -0.4 is 0 Å². The first-order valence-electron chi connectivity index (χ1n) is 4.62. The minimum Gasteiger partial charge on any atom is -0.478 e. The van der Waals surface area contributed by atoms with Crippen molar-refractivity contribution in [1.82, 2.24) is 4.98 Å². The molecule has 3 nitrogen and oxygen atoms in total. The van der Waals surface area contributed by atoms with Crippen LogP contribution >= 0.6 is 15.9 Å². The van der Waals surface area contributed by atoms with Gasteiger partial charge in [0.2, 0.25) is 0 Å². The Morgan fingerprint density at radius 1 is 1.25 bits per heavy atom. The topological polar surface area (TPSA) is 50.2 Å². The number of benzene rings is 1. The molecule has 0 saturated heterocycles. The third-order valence-electron chi connectivity index (χ3n) is 2.13. The lowest BCUT2D eigenvalue weighted by atomic mass is 10.1. The Morgan fingerprint density at radius 3 is 2.69 bits per heavy atom. The summed E-state index contributed by atoms with van der Waals surface area (Å²) in [5.41, 5.74) is 1.82. The molecule has 0 unspecified atom stereocenters. The number of carboxylic acid groups (broad SMARTS) is 1. The van der Waals surface area contributed by atoms with Gasteiger partial charge in [0.25, 0.3) is 0 Å². The van der Waals surface area contributed by atoms with Crippen LogP contribution in [0.4, 0.5) is 0 Å². The van der Waals surface area contributed by atoms with E-state index in [4.69, 9.17) is 5.11 Å². The molecule has 1 aromatic carbocycles. The highest BCUT2D eigenvalue weighted by Crippen LogP contribution is 2.19. The predicted molar refractivity (Wildman–Crippen MR) is 64.3 cm³/mol. The van der Waals surface area contributed by atoms with Gasteiger partial charge in [0.05, 0.1) is 11.3 Å². The zero-order chi connectivity index (χ0) is 11.5. The molecular formula is C12H8BrNO2. The van der Waals surface area contributed by atoms with Crippen LogP contribution in [0.15, 0.2) is 47.1 Å². The van der Waals surface area contributed by atoms with Crippen molar-refractivity contribution in [2.75, 3.05) is 0 Å². The average Bonchev–Trinajstić information content (AvgIpc) is 2.30. The first-order valence-corrected chi connectivity index (χ1v) is 5.41. The monoisotopic (exact) mass is 277 g/mol. The highest BCUT2D eigenvalue weighted by Gasteiger charge is 2.05. The summed E-state index contributed by atoms with van der Waals surface area (Å²) in [6.45, 7) is 0. The first kappa shape index (κ1) is 10.8. The molecule has 0 bridgehead atoms.